The van der Waals surface area contributed by atoms with Crippen molar-refractivity contribution in [1.82, 2.24) is 5.32 Å². The number of aryl methyl sites for hydroxylation is 1. The number of carbonyl (C=O) groups is 1. The minimum absolute atomic E-state index is 0.0666. The third-order valence-electron chi connectivity index (χ3n) is 9.17. The first-order valence-electron chi connectivity index (χ1n) is 16.9. The summed E-state index contributed by atoms with van der Waals surface area (Å²) in [4.78, 5) is 24.4. The van der Waals surface area contributed by atoms with Crippen molar-refractivity contribution in [2.45, 2.75) is 107 Å². The summed E-state index contributed by atoms with van der Waals surface area (Å²) in [5.41, 5.74) is 4.20. The van der Waals surface area contributed by atoms with Crippen LogP contribution >= 0.6 is 0 Å². The number of hydrogen-bond acceptors (Lipinski definition) is 7. The molecule has 4 bridgehead atoms. The van der Waals surface area contributed by atoms with E-state index in [2.05, 4.69) is 5.32 Å². The van der Waals surface area contributed by atoms with Gasteiger partial charge in [-0.15, -0.1) is 0 Å². The zero-order valence-corrected chi connectivity index (χ0v) is 23.2. The Morgan fingerprint density at radius 3 is 2.21 bits per heavy atom. The van der Waals surface area contributed by atoms with E-state index in [1.54, 1.807) is 12.1 Å². The van der Waals surface area contributed by atoms with E-state index >= 15 is 0 Å². The molecule has 1 heterocycles. The van der Waals surface area contributed by atoms with Gasteiger partial charge in [-0.1, -0.05) is 17.7 Å². The highest BCUT2D eigenvalue weighted by Crippen LogP contribution is 2.63. The van der Waals surface area contributed by atoms with Crippen molar-refractivity contribution in [2.75, 3.05) is 6.54 Å². The summed E-state index contributed by atoms with van der Waals surface area (Å²) >= 11 is 0. The first kappa shape index (κ1) is 22.1. The molecule has 10 heteroatoms. The fourth-order valence-electron chi connectivity index (χ4n) is 7.40. The maximum absolute atomic E-state index is 12.5. The van der Waals surface area contributed by atoms with E-state index in [4.69, 9.17) is 33.0 Å². The summed E-state index contributed by atoms with van der Waals surface area (Å²) in [6.45, 7) is -4.67. The predicted octanol–water partition coefficient (Wildman–Crippen LogP) is 4.49. The Bertz CT molecular complexity index is 1300. The first-order valence-corrected chi connectivity index (χ1v) is 15.4. The molecule has 1 saturated heterocycles. The molecule has 0 atom stereocenters. The van der Waals surface area contributed by atoms with Crippen molar-refractivity contribution in [3.8, 4) is 0 Å². The van der Waals surface area contributed by atoms with E-state index in [1.807, 2.05) is 6.92 Å². The fourth-order valence-corrected chi connectivity index (χ4v) is 7.88. The maximum Gasteiger partial charge on any atom is 0.294 e. The first-order chi connectivity index (χ1) is 20.8. The van der Waals surface area contributed by atoms with Gasteiger partial charge in [0.05, 0.1) is 4.90 Å². The summed E-state index contributed by atoms with van der Waals surface area (Å²) in [5, 5.41) is 2.46. The van der Waals surface area contributed by atoms with Gasteiger partial charge in [0.25, 0.3) is 10.1 Å². The Hall–Kier alpha value is -1.56. The van der Waals surface area contributed by atoms with Crippen molar-refractivity contribution in [2.24, 2.45) is 35.3 Å². The second-order valence-corrected chi connectivity index (χ2v) is 13.8. The van der Waals surface area contributed by atoms with Crippen LogP contribution in [0, 0.1) is 36.5 Å². The molecule has 1 amide bonds. The number of nitrogens with one attached hydrogen (secondary N) is 1. The van der Waals surface area contributed by atoms with Crippen molar-refractivity contribution < 1.29 is 40.5 Å². The minimum atomic E-state index is -4.02. The van der Waals surface area contributed by atoms with Crippen molar-refractivity contribution in [3.05, 3.63) is 29.8 Å². The van der Waals surface area contributed by atoms with Gasteiger partial charge in [0, 0.05) is 51.4 Å². The second-order valence-electron chi connectivity index (χ2n) is 12.4. The molecule has 4 N–H and O–H groups in total. The number of benzene rings is 1. The SMILES string of the molecule is Cc1ccc(S(=O)(=O)O)cc1.[2H]C([2H])([2H])C(N)(CNC(=O)CC1CCC2(CC1)OOC1(O2)C2CC3CC(C2)CC1C3)C([2H])([2H])[2H]. The third-order valence-corrected chi connectivity index (χ3v) is 10.0. The van der Waals surface area contributed by atoms with Gasteiger partial charge in [-0.3, -0.25) is 9.35 Å². The van der Waals surface area contributed by atoms with Crippen molar-refractivity contribution >= 4 is 16.0 Å². The number of amides is 1. The highest BCUT2D eigenvalue weighted by atomic mass is 32.2. The van der Waals surface area contributed by atoms with Crippen LogP contribution < -0.4 is 11.1 Å². The number of nitrogens with two attached hydrogens (primary N) is 1. The molecule has 9 nitrogen and oxygen atoms in total. The number of ether oxygens (including phenoxy) is 1. The van der Waals surface area contributed by atoms with Crippen LogP contribution in [0.15, 0.2) is 29.2 Å². The van der Waals surface area contributed by atoms with Gasteiger partial charge in [-0.25, -0.2) is 0 Å². The Morgan fingerprint density at radius 1 is 1.08 bits per heavy atom. The van der Waals surface area contributed by atoms with Crippen LogP contribution in [0.4, 0.5) is 0 Å². The van der Waals surface area contributed by atoms with Crippen LogP contribution in [0.1, 0.15) is 91.7 Å². The molecule has 218 valence electrons. The molecular formula is C29H44N2O7S. The molecular weight excluding hydrogens is 520 g/mol. The lowest BCUT2D eigenvalue weighted by Crippen LogP contribution is -2.59. The van der Waals surface area contributed by atoms with Gasteiger partial charge in [0.15, 0.2) is 0 Å². The molecule has 7 rings (SSSR count). The molecule has 1 aromatic carbocycles. The largest absolute Gasteiger partial charge is 0.354 e. The fraction of sp³-hybridized carbons (Fsp3) is 0.759. The van der Waals surface area contributed by atoms with E-state index < -0.39 is 53.4 Å². The molecule has 2 spiro atoms. The topological polar surface area (TPSA) is 137 Å². The number of hydrogen-bond donors (Lipinski definition) is 3. The third kappa shape index (κ3) is 6.52. The van der Waals surface area contributed by atoms with Gasteiger partial charge in [-0.05, 0) is 95.5 Å². The average molecular weight is 571 g/mol. The zero-order valence-electron chi connectivity index (χ0n) is 28.4. The van der Waals surface area contributed by atoms with Gasteiger partial charge >= 0.3 is 0 Å². The van der Waals surface area contributed by atoms with Crippen LogP contribution in [-0.2, 0) is 29.4 Å². The quantitative estimate of drug-likeness (QED) is 0.348. The molecule has 1 aliphatic heterocycles. The maximum atomic E-state index is 12.5. The van der Waals surface area contributed by atoms with E-state index in [0.29, 0.717) is 37.5 Å². The molecule has 5 aliphatic carbocycles. The summed E-state index contributed by atoms with van der Waals surface area (Å²) in [7, 11) is -4.02. The van der Waals surface area contributed by atoms with E-state index in [9.17, 15) is 13.2 Å². The van der Waals surface area contributed by atoms with Gasteiger partial charge in [0.1, 0.15) is 0 Å². The Morgan fingerprint density at radius 2 is 1.67 bits per heavy atom. The molecule has 6 aliphatic rings. The van der Waals surface area contributed by atoms with Gasteiger partial charge < -0.3 is 15.8 Å². The molecule has 5 saturated carbocycles. The molecule has 6 fully saturated rings. The lowest BCUT2D eigenvalue weighted by molar-refractivity contribution is -0.390. The molecule has 0 aromatic heterocycles. The van der Waals surface area contributed by atoms with Crippen LogP contribution in [0.5, 0.6) is 0 Å². The Labute approximate surface area is 240 Å². The van der Waals surface area contributed by atoms with E-state index in [1.165, 1.54) is 18.6 Å². The van der Waals surface area contributed by atoms with Gasteiger partial charge in [-0.2, -0.15) is 18.2 Å². The summed E-state index contributed by atoms with van der Waals surface area (Å²) in [5.74, 6) is 0.721. The highest BCUT2D eigenvalue weighted by Gasteiger charge is 2.66. The van der Waals surface area contributed by atoms with Crippen molar-refractivity contribution in [1.29, 1.82) is 0 Å². The summed E-state index contributed by atoms with van der Waals surface area (Å²) in [6.07, 6.45) is 8.83. The minimum Gasteiger partial charge on any atom is -0.354 e. The normalized spacial score (nSPS) is 40.0. The van der Waals surface area contributed by atoms with E-state index in [0.717, 1.165) is 43.1 Å². The standard InChI is InChI=1S/C22H36N2O4.C7H8O3S/c1-20(2,23)13-24-19(25)12-14-3-5-21(6-4-14)26-22(28-27-21)17-8-15-7-16(10-17)11-18(22)9-15;1-6-2-4-7(5-3-6)11(8,9)10/h14-18H,3-13,23H2,1-2H3,(H,24,25);2-5H,1H3,(H,8,9,10)/i1D3,2D3;. The molecule has 0 unspecified atom stereocenters. The van der Waals surface area contributed by atoms with Crippen LogP contribution in [0.3, 0.4) is 0 Å². The molecule has 39 heavy (non-hydrogen) atoms. The lowest BCUT2D eigenvalue weighted by atomic mass is 9.53. The molecule has 0 radical (unpaired) electrons. The Balaban J connectivity index is 0.000000309. The van der Waals surface area contributed by atoms with Gasteiger partial charge in [0.2, 0.25) is 17.5 Å². The smallest absolute Gasteiger partial charge is 0.294 e. The average Bonchev–Trinajstić information content (AvgIpc) is 3.30. The summed E-state index contributed by atoms with van der Waals surface area (Å²) in [6, 6.07) is 5.99. The number of rotatable bonds is 5. The predicted molar refractivity (Wildman–Crippen MR) is 145 cm³/mol. The van der Waals surface area contributed by atoms with Crippen LogP contribution in [0.25, 0.3) is 0 Å². The monoisotopic (exact) mass is 570 g/mol. The lowest BCUT2D eigenvalue weighted by Gasteiger charge is -2.57. The highest BCUT2D eigenvalue weighted by molar-refractivity contribution is 7.85. The van der Waals surface area contributed by atoms with E-state index in [-0.39, 0.29) is 17.2 Å². The Kier molecular flexibility index (Phi) is 6.05. The second kappa shape index (κ2) is 10.7. The van der Waals surface area contributed by atoms with Crippen LogP contribution in [0.2, 0.25) is 0 Å². The molecule has 1 aromatic rings. The summed E-state index contributed by atoms with van der Waals surface area (Å²) < 4.78 is 81.4. The number of carbonyl (C=O) groups excluding carboxylic acids is 1. The van der Waals surface area contributed by atoms with Crippen molar-refractivity contribution in [3.63, 3.8) is 0 Å². The van der Waals surface area contributed by atoms with Crippen LogP contribution in [-0.4, -0.2) is 42.5 Å². The zero-order chi connectivity index (χ0) is 33.1.